The van der Waals surface area contributed by atoms with Crippen molar-refractivity contribution in [3.8, 4) is 6.07 Å². The van der Waals surface area contributed by atoms with Crippen LogP contribution >= 0.6 is 11.6 Å². The molecule has 0 spiro atoms. The number of halogens is 1. The number of carbonyl (C=O) groups excluding carboxylic acids is 3. The summed E-state index contributed by atoms with van der Waals surface area (Å²) in [6, 6.07) is 16.2. The van der Waals surface area contributed by atoms with Gasteiger partial charge in [-0.05, 0) is 30.3 Å². The number of nitrogens with one attached hydrogen (secondary N) is 2. The van der Waals surface area contributed by atoms with E-state index in [9.17, 15) is 14.4 Å². The molecule has 8 nitrogen and oxygen atoms in total. The van der Waals surface area contributed by atoms with Gasteiger partial charge in [0, 0.05) is 43.9 Å². The second kappa shape index (κ2) is 11.2. The molecule has 0 radical (unpaired) electrons. The average molecular weight is 454 g/mol. The van der Waals surface area contributed by atoms with Crippen LogP contribution in [0.25, 0.3) is 0 Å². The van der Waals surface area contributed by atoms with Crippen LogP contribution in [0.1, 0.15) is 19.3 Å². The first-order valence-corrected chi connectivity index (χ1v) is 10.7. The van der Waals surface area contributed by atoms with Gasteiger partial charge in [0.15, 0.2) is 0 Å². The number of benzene rings is 2. The van der Waals surface area contributed by atoms with Gasteiger partial charge >= 0.3 is 0 Å². The van der Waals surface area contributed by atoms with Crippen LogP contribution in [0.5, 0.6) is 0 Å². The maximum Gasteiger partial charge on any atom is 0.239 e. The van der Waals surface area contributed by atoms with Crippen molar-refractivity contribution in [1.82, 2.24) is 5.32 Å². The standard InChI is InChI=1S/C23H24ClN5O3/c24-19-15-17(7-8-20(19)28-14-12-26-22(31)16-28)27-21(30)9-10-23(32)29(13-4-11-25)18-5-2-1-3-6-18/h1-3,5-8,15H,4,9-10,12-14,16H2,(H,26,31)(H,27,30). The van der Waals surface area contributed by atoms with Crippen molar-refractivity contribution in [1.29, 1.82) is 5.26 Å². The lowest BCUT2D eigenvalue weighted by Crippen LogP contribution is -2.47. The zero-order valence-electron chi connectivity index (χ0n) is 17.5. The van der Waals surface area contributed by atoms with Gasteiger partial charge in [-0.15, -0.1) is 0 Å². The summed E-state index contributed by atoms with van der Waals surface area (Å²) in [4.78, 5) is 40.1. The Kier molecular flexibility index (Phi) is 8.06. The number of nitrogens with zero attached hydrogens (tertiary/aromatic N) is 3. The number of piperazine rings is 1. The fourth-order valence-corrected chi connectivity index (χ4v) is 3.73. The van der Waals surface area contributed by atoms with Crippen LogP contribution in [0.3, 0.4) is 0 Å². The van der Waals surface area contributed by atoms with E-state index >= 15 is 0 Å². The topological polar surface area (TPSA) is 106 Å². The first-order chi connectivity index (χ1) is 15.5. The minimum absolute atomic E-state index is 0.000384. The average Bonchev–Trinajstić information content (AvgIpc) is 2.79. The quantitative estimate of drug-likeness (QED) is 0.639. The molecule has 1 heterocycles. The Morgan fingerprint density at radius 3 is 2.66 bits per heavy atom. The van der Waals surface area contributed by atoms with Crippen LogP contribution in [0, 0.1) is 11.3 Å². The Bertz CT molecular complexity index is 1020. The lowest BCUT2D eigenvalue weighted by molar-refractivity contribution is -0.122. The Balaban J connectivity index is 1.56. The van der Waals surface area contributed by atoms with E-state index in [0.29, 0.717) is 29.5 Å². The van der Waals surface area contributed by atoms with E-state index in [1.54, 1.807) is 30.3 Å². The maximum atomic E-state index is 12.7. The SMILES string of the molecule is N#CCCN(C(=O)CCC(=O)Nc1ccc(N2CCNC(=O)C2)c(Cl)c1)c1ccccc1. The third kappa shape index (κ3) is 6.22. The predicted octanol–water partition coefficient (Wildman–Crippen LogP) is 2.94. The molecule has 2 aromatic rings. The molecule has 3 amide bonds. The van der Waals surface area contributed by atoms with Crippen molar-refractivity contribution in [3.63, 3.8) is 0 Å². The molecular weight excluding hydrogens is 430 g/mol. The van der Waals surface area contributed by atoms with Crippen molar-refractivity contribution in [2.75, 3.05) is 41.3 Å². The molecule has 0 bridgehead atoms. The Hall–Kier alpha value is -3.57. The van der Waals surface area contributed by atoms with Gasteiger partial charge in [0.25, 0.3) is 0 Å². The van der Waals surface area contributed by atoms with Gasteiger partial charge in [0.05, 0.1) is 29.7 Å². The summed E-state index contributed by atoms with van der Waals surface area (Å²) in [6.07, 6.45) is 0.220. The predicted molar refractivity (Wildman–Crippen MR) is 124 cm³/mol. The zero-order chi connectivity index (χ0) is 22.9. The Morgan fingerprint density at radius 1 is 1.19 bits per heavy atom. The number of para-hydroxylation sites is 1. The molecule has 1 fully saturated rings. The monoisotopic (exact) mass is 453 g/mol. The zero-order valence-corrected chi connectivity index (χ0v) is 18.3. The van der Waals surface area contributed by atoms with E-state index in [1.165, 1.54) is 4.90 Å². The first kappa shape index (κ1) is 23.1. The van der Waals surface area contributed by atoms with E-state index < -0.39 is 0 Å². The largest absolute Gasteiger partial charge is 0.359 e. The number of hydrogen-bond acceptors (Lipinski definition) is 5. The number of nitriles is 1. The molecule has 0 atom stereocenters. The summed E-state index contributed by atoms with van der Waals surface area (Å²) in [6.45, 7) is 1.71. The fraction of sp³-hybridized carbons (Fsp3) is 0.304. The number of carbonyl (C=O) groups is 3. The molecule has 1 aliphatic heterocycles. The molecule has 166 valence electrons. The Labute approximate surface area is 191 Å². The van der Waals surface area contributed by atoms with E-state index in [2.05, 4.69) is 10.6 Å². The summed E-state index contributed by atoms with van der Waals surface area (Å²) in [5, 5.41) is 14.8. The van der Waals surface area contributed by atoms with Crippen molar-refractivity contribution in [2.45, 2.75) is 19.3 Å². The second-order valence-electron chi connectivity index (χ2n) is 7.27. The van der Waals surface area contributed by atoms with Crippen LogP contribution in [0.4, 0.5) is 17.1 Å². The van der Waals surface area contributed by atoms with Crippen molar-refractivity contribution in [3.05, 3.63) is 53.6 Å². The third-order valence-corrected chi connectivity index (χ3v) is 5.30. The minimum Gasteiger partial charge on any atom is -0.359 e. The molecule has 3 rings (SSSR count). The number of amides is 3. The van der Waals surface area contributed by atoms with E-state index in [1.807, 2.05) is 29.2 Å². The molecule has 32 heavy (non-hydrogen) atoms. The first-order valence-electron chi connectivity index (χ1n) is 10.3. The van der Waals surface area contributed by atoms with E-state index in [0.717, 1.165) is 5.69 Å². The van der Waals surface area contributed by atoms with Crippen molar-refractivity contribution >= 4 is 46.4 Å². The molecule has 0 aromatic heterocycles. The van der Waals surface area contributed by atoms with Crippen LogP contribution in [0.15, 0.2) is 48.5 Å². The van der Waals surface area contributed by atoms with Crippen molar-refractivity contribution in [2.24, 2.45) is 0 Å². The van der Waals surface area contributed by atoms with Gasteiger partial charge in [-0.3, -0.25) is 14.4 Å². The molecule has 1 saturated heterocycles. The van der Waals surface area contributed by atoms with Crippen LogP contribution in [-0.2, 0) is 14.4 Å². The lowest BCUT2D eigenvalue weighted by Gasteiger charge is -2.29. The molecule has 0 saturated carbocycles. The number of rotatable bonds is 8. The lowest BCUT2D eigenvalue weighted by atomic mass is 10.2. The molecule has 1 aliphatic rings. The summed E-state index contributed by atoms with van der Waals surface area (Å²) in [5.74, 6) is -0.597. The summed E-state index contributed by atoms with van der Waals surface area (Å²) in [7, 11) is 0. The number of anilines is 3. The summed E-state index contributed by atoms with van der Waals surface area (Å²) >= 11 is 6.37. The van der Waals surface area contributed by atoms with Gasteiger partial charge < -0.3 is 20.4 Å². The van der Waals surface area contributed by atoms with E-state index in [4.69, 9.17) is 16.9 Å². The fourth-order valence-electron chi connectivity index (χ4n) is 3.43. The highest BCUT2D eigenvalue weighted by atomic mass is 35.5. The summed E-state index contributed by atoms with van der Waals surface area (Å²) < 4.78 is 0. The van der Waals surface area contributed by atoms with Crippen molar-refractivity contribution < 1.29 is 14.4 Å². The Morgan fingerprint density at radius 2 is 1.97 bits per heavy atom. The highest BCUT2D eigenvalue weighted by molar-refractivity contribution is 6.33. The highest BCUT2D eigenvalue weighted by Crippen LogP contribution is 2.29. The van der Waals surface area contributed by atoms with Gasteiger partial charge in [-0.1, -0.05) is 29.8 Å². The van der Waals surface area contributed by atoms with Gasteiger partial charge in [-0.2, -0.15) is 5.26 Å². The van der Waals surface area contributed by atoms with Crippen LogP contribution < -0.4 is 20.4 Å². The summed E-state index contributed by atoms with van der Waals surface area (Å²) in [5.41, 5.74) is 1.94. The highest BCUT2D eigenvalue weighted by Gasteiger charge is 2.20. The molecule has 2 N–H and O–H groups in total. The number of hydrogen-bond donors (Lipinski definition) is 2. The molecule has 2 aromatic carbocycles. The van der Waals surface area contributed by atoms with Gasteiger partial charge in [-0.25, -0.2) is 0 Å². The normalized spacial score (nSPS) is 13.1. The molecule has 0 unspecified atom stereocenters. The molecule has 0 aliphatic carbocycles. The van der Waals surface area contributed by atoms with Crippen LogP contribution in [-0.4, -0.2) is 43.9 Å². The van der Waals surface area contributed by atoms with Crippen LogP contribution in [0.2, 0.25) is 5.02 Å². The van der Waals surface area contributed by atoms with Gasteiger partial charge in [0.1, 0.15) is 0 Å². The molecular formula is C23H24ClN5O3. The minimum atomic E-state index is -0.312. The smallest absolute Gasteiger partial charge is 0.239 e. The molecule has 9 heteroatoms. The maximum absolute atomic E-state index is 12.7. The van der Waals surface area contributed by atoms with E-state index in [-0.39, 0.29) is 50.1 Å². The second-order valence-corrected chi connectivity index (χ2v) is 7.68. The van der Waals surface area contributed by atoms with Gasteiger partial charge in [0.2, 0.25) is 17.7 Å². The third-order valence-electron chi connectivity index (χ3n) is 4.99.